The van der Waals surface area contributed by atoms with E-state index in [0.717, 1.165) is 18.1 Å². The number of nitro groups is 1. The molecule has 0 spiro atoms. The molecule has 12 nitrogen and oxygen atoms in total. The third-order valence-corrected chi connectivity index (χ3v) is 6.28. The molecule has 2 aromatic heterocycles. The van der Waals surface area contributed by atoms with E-state index in [1.807, 2.05) is 0 Å². The van der Waals surface area contributed by atoms with Crippen LogP contribution in [0.2, 0.25) is 0 Å². The zero-order valence-corrected chi connectivity index (χ0v) is 16.1. The van der Waals surface area contributed by atoms with Crippen molar-refractivity contribution in [2.45, 2.75) is 29.1 Å². The Bertz CT molecular complexity index is 1150. The molecule has 0 saturated carbocycles. The number of aliphatic hydroxyl groups excluding tert-OH is 3. The van der Waals surface area contributed by atoms with Gasteiger partial charge in [0.05, 0.1) is 17.9 Å². The van der Waals surface area contributed by atoms with Crippen molar-refractivity contribution in [3.8, 4) is 0 Å². The van der Waals surface area contributed by atoms with Gasteiger partial charge in [0.25, 0.3) is 11.2 Å². The van der Waals surface area contributed by atoms with Crippen molar-refractivity contribution in [1.29, 1.82) is 0 Å². The van der Waals surface area contributed by atoms with Gasteiger partial charge >= 0.3 is 0 Å². The van der Waals surface area contributed by atoms with E-state index in [4.69, 9.17) is 4.74 Å². The van der Waals surface area contributed by atoms with E-state index >= 15 is 0 Å². The largest absolute Gasteiger partial charge is 0.394 e. The Balaban J connectivity index is 1.81. The maximum atomic E-state index is 12.0. The van der Waals surface area contributed by atoms with E-state index in [1.54, 1.807) is 12.1 Å². The molecule has 4 atom stereocenters. The van der Waals surface area contributed by atoms with Crippen molar-refractivity contribution in [2.75, 3.05) is 6.61 Å². The van der Waals surface area contributed by atoms with Gasteiger partial charge in [-0.25, -0.2) is 9.97 Å². The molecule has 0 radical (unpaired) electrons. The first-order valence-corrected chi connectivity index (χ1v) is 9.80. The second-order valence-corrected chi connectivity index (χ2v) is 7.76. The lowest BCUT2D eigenvalue weighted by Gasteiger charge is -2.32. The second-order valence-electron chi connectivity index (χ2n) is 6.60. The summed E-state index contributed by atoms with van der Waals surface area (Å²) in [6.45, 7) is -0.577. The van der Waals surface area contributed by atoms with Crippen LogP contribution in [0.5, 0.6) is 0 Å². The van der Waals surface area contributed by atoms with Crippen molar-refractivity contribution >= 4 is 28.6 Å². The fourth-order valence-electron chi connectivity index (χ4n) is 3.38. The van der Waals surface area contributed by atoms with Gasteiger partial charge in [-0.3, -0.25) is 19.5 Å². The number of hydrogen-bond acceptors (Lipinski definition) is 10. The summed E-state index contributed by atoms with van der Waals surface area (Å²) in [4.78, 5) is 33.3. The monoisotopic (exact) mass is 435 g/mol. The summed E-state index contributed by atoms with van der Waals surface area (Å²) >= 11 is 0.948. The summed E-state index contributed by atoms with van der Waals surface area (Å²) in [6, 6.07) is 6.09. The molecule has 0 amide bonds. The minimum absolute atomic E-state index is 0.0131. The Labute approximate surface area is 172 Å². The topological polar surface area (TPSA) is 177 Å². The Morgan fingerprint density at radius 3 is 2.80 bits per heavy atom. The third-order valence-electron chi connectivity index (χ3n) is 4.88. The minimum atomic E-state index is -1.74. The number of ether oxygens (including phenoxy) is 1. The fraction of sp³-hybridized carbons (Fsp3) is 0.353. The molecule has 0 bridgehead atoms. The number of nitrogens with zero attached hydrogens (tertiary/aromatic N) is 4. The van der Waals surface area contributed by atoms with Crippen LogP contribution >= 0.6 is 11.8 Å². The van der Waals surface area contributed by atoms with Gasteiger partial charge in [-0.1, -0.05) is 30.0 Å². The number of fused-ring (bicyclic) bond motifs is 1. The highest BCUT2D eigenvalue weighted by molar-refractivity contribution is 7.99. The Kier molecular flexibility index (Phi) is 5.29. The van der Waals surface area contributed by atoms with Gasteiger partial charge in [-0.2, -0.15) is 0 Å². The average molecular weight is 435 g/mol. The number of imidazole rings is 1. The molecular formula is C17H17N5O7S. The maximum Gasteiger partial charge on any atom is 0.278 e. The molecule has 1 saturated heterocycles. The van der Waals surface area contributed by atoms with Crippen molar-refractivity contribution < 1.29 is 25.0 Å². The number of aliphatic hydroxyl groups is 3. The van der Waals surface area contributed by atoms with Crippen LogP contribution in [0.1, 0.15) is 5.56 Å². The first-order valence-electron chi connectivity index (χ1n) is 8.81. The zero-order chi connectivity index (χ0) is 21.5. The Morgan fingerprint density at radius 1 is 1.33 bits per heavy atom. The highest BCUT2D eigenvalue weighted by Gasteiger charge is 2.56. The predicted molar refractivity (Wildman–Crippen MR) is 104 cm³/mol. The number of nitro benzene ring substituents is 1. The van der Waals surface area contributed by atoms with E-state index in [9.17, 15) is 30.2 Å². The number of aromatic amines is 1. The number of hydrogen-bond donors (Lipinski definition) is 4. The smallest absolute Gasteiger partial charge is 0.278 e. The fourth-order valence-corrected chi connectivity index (χ4v) is 4.76. The van der Waals surface area contributed by atoms with Gasteiger partial charge in [0.2, 0.25) is 5.06 Å². The molecular weight excluding hydrogens is 418 g/mol. The number of para-hydroxylation sites is 1. The number of aromatic nitrogens is 4. The third kappa shape index (κ3) is 3.16. The van der Waals surface area contributed by atoms with E-state index in [2.05, 4.69) is 15.0 Å². The lowest BCUT2D eigenvalue weighted by atomic mass is 10.1. The molecule has 30 heavy (non-hydrogen) atoms. The second kappa shape index (κ2) is 7.77. The number of benzene rings is 1. The van der Waals surface area contributed by atoms with E-state index in [0.29, 0.717) is 5.56 Å². The summed E-state index contributed by atoms with van der Waals surface area (Å²) in [6.07, 6.45) is -1.74. The quantitative estimate of drug-likeness (QED) is 0.296. The molecule has 0 aliphatic carbocycles. The first-order chi connectivity index (χ1) is 14.4. The summed E-state index contributed by atoms with van der Waals surface area (Å²) in [5.41, 5.74) is -0.194. The number of nitrogens with one attached hydrogen (secondary N) is 1. The molecule has 1 aliphatic heterocycles. The Morgan fingerprint density at radius 2 is 2.10 bits per heavy atom. The molecule has 13 heteroatoms. The van der Waals surface area contributed by atoms with E-state index < -0.39 is 40.5 Å². The van der Waals surface area contributed by atoms with Crippen molar-refractivity contribution in [3.05, 3.63) is 63.0 Å². The van der Waals surface area contributed by atoms with Crippen LogP contribution < -0.4 is 5.56 Å². The van der Waals surface area contributed by atoms with E-state index in [1.165, 1.54) is 23.0 Å². The SMILES string of the molecule is O=c1[nH]cnc2c1ncn2C1(SCc2ccccc2[N+](=O)[O-])OC(CO)C(O)C1O. The lowest BCUT2D eigenvalue weighted by Crippen LogP contribution is -2.43. The van der Waals surface area contributed by atoms with Crippen LogP contribution in [-0.4, -0.2) is 64.7 Å². The standard InChI is InChI=1S/C17H17N5O7S/c23-5-11-13(24)14(25)17(29-11,21-8-20-12-15(21)18-7-19-16(12)26)30-6-9-3-1-2-4-10(9)22(27)28/h1-4,7-8,11,13-14,23-25H,5-6H2,(H,18,19,26). The minimum Gasteiger partial charge on any atom is -0.394 e. The van der Waals surface area contributed by atoms with Gasteiger partial charge in [0.15, 0.2) is 11.2 Å². The number of thioether (sulfide) groups is 1. The van der Waals surface area contributed by atoms with Gasteiger partial charge in [0, 0.05) is 17.4 Å². The summed E-state index contributed by atoms with van der Waals surface area (Å²) in [7, 11) is 0. The first kappa shape index (κ1) is 20.4. The summed E-state index contributed by atoms with van der Waals surface area (Å²) < 4.78 is 7.14. The predicted octanol–water partition coefficient (Wildman–Crippen LogP) is -0.316. The van der Waals surface area contributed by atoms with Gasteiger partial charge < -0.3 is 25.0 Å². The Hall–Kier alpha value is -2.84. The molecule has 158 valence electrons. The molecule has 1 aromatic carbocycles. The molecule has 1 aliphatic rings. The van der Waals surface area contributed by atoms with Crippen LogP contribution in [0.3, 0.4) is 0 Å². The van der Waals surface area contributed by atoms with Gasteiger partial charge in [0.1, 0.15) is 24.6 Å². The van der Waals surface area contributed by atoms with Crippen LogP contribution in [0, 0.1) is 10.1 Å². The maximum absolute atomic E-state index is 12.0. The molecule has 4 rings (SSSR count). The van der Waals surface area contributed by atoms with Gasteiger partial charge in [-0.05, 0) is 0 Å². The molecule has 4 unspecified atom stereocenters. The van der Waals surface area contributed by atoms with Crippen LogP contribution in [-0.2, 0) is 15.5 Å². The molecule has 3 heterocycles. The lowest BCUT2D eigenvalue weighted by molar-refractivity contribution is -0.385. The molecule has 4 N–H and O–H groups in total. The van der Waals surface area contributed by atoms with Crippen LogP contribution in [0.25, 0.3) is 11.2 Å². The van der Waals surface area contributed by atoms with Crippen molar-refractivity contribution in [3.63, 3.8) is 0 Å². The van der Waals surface area contributed by atoms with Crippen molar-refractivity contribution in [1.82, 2.24) is 19.5 Å². The highest BCUT2D eigenvalue weighted by atomic mass is 32.2. The molecule has 3 aromatic rings. The number of H-pyrrole nitrogens is 1. The van der Waals surface area contributed by atoms with E-state index in [-0.39, 0.29) is 22.6 Å². The van der Waals surface area contributed by atoms with Gasteiger partial charge in [-0.15, -0.1) is 0 Å². The van der Waals surface area contributed by atoms with Crippen LogP contribution in [0.4, 0.5) is 5.69 Å². The summed E-state index contributed by atoms with van der Waals surface area (Å²) in [5.74, 6) is 0.0158. The normalized spacial score (nSPS) is 26.3. The van der Waals surface area contributed by atoms with Crippen LogP contribution in [0.15, 0.2) is 41.7 Å². The summed E-state index contributed by atoms with van der Waals surface area (Å²) in [5, 5.41) is 40.4. The zero-order valence-electron chi connectivity index (χ0n) is 15.3. The highest BCUT2D eigenvalue weighted by Crippen LogP contribution is 2.47. The molecule has 1 fully saturated rings. The number of rotatable bonds is 6. The average Bonchev–Trinajstić information content (AvgIpc) is 3.28. The van der Waals surface area contributed by atoms with Crippen molar-refractivity contribution in [2.24, 2.45) is 0 Å².